The van der Waals surface area contributed by atoms with Crippen LogP contribution >= 0.6 is 71.0 Å². The first-order valence-corrected chi connectivity index (χ1v) is 13.4. The van der Waals surface area contributed by atoms with Crippen molar-refractivity contribution in [2.24, 2.45) is 16.3 Å². The Labute approximate surface area is 234 Å². The number of hydrogen-bond acceptors (Lipinski definition) is 14. The zero-order valence-corrected chi connectivity index (χ0v) is 23.4. The number of β-lactam (4-membered cyclic amide) rings is 1. The first kappa shape index (κ1) is 30.3. The molecule has 2 saturated heterocycles. The van der Waals surface area contributed by atoms with Crippen LogP contribution in [0.5, 0.6) is 0 Å². The first-order valence-electron chi connectivity index (χ1n) is 9.72. The van der Waals surface area contributed by atoms with E-state index in [1.807, 2.05) is 0 Å². The van der Waals surface area contributed by atoms with E-state index in [-0.39, 0.29) is 77.2 Å². The second-order valence-corrected chi connectivity index (χ2v) is 11.6. The summed E-state index contributed by atoms with van der Waals surface area (Å²) in [6.07, 6.45) is 0. The minimum absolute atomic E-state index is 0. The lowest BCUT2D eigenvalue weighted by molar-refractivity contribution is -0.157. The van der Waals surface area contributed by atoms with Crippen molar-refractivity contribution >= 4 is 99.6 Å². The van der Waals surface area contributed by atoms with E-state index in [1.165, 1.54) is 46.9 Å². The standard InChI is InChI=1S/C17H20N8O5S4.2ClH/c1-30-24-9(7-3-31-15(19)20-7)11(26)21-10-12(27)25-4-17(14(28)29,5-32-13(10)25)6-33-16-23-22-8(2-18)34-16;;/h3,10,13H,2,4-6,18H2,1H3,(H2,19,20)(H,21,26)(H,28,29);2*1H/t10?,13-,17?;;/m1../s1. The topological polar surface area (TPSA) is 199 Å². The lowest BCUT2D eigenvalue weighted by Crippen LogP contribution is -2.74. The van der Waals surface area contributed by atoms with Crippen LogP contribution in [0, 0.1) is 5.41 Å². The van der Waals surface area contributed by atoms with Gasteiger partial charge in [-0.25, -0.2) is 4.98 Å². The number of thiazole rings is 1. The fraction of sp³-hybridized carbons (Fsp3) is 0.471. The number of anilines is 1. The van der Waals surface area contributed by atoms with Crippen LogP contribution in [0.4, 0.5) is 5.13 Å². The van der Waals surface area contributed by atoms with Gasteiger partial charge in [0.05, 0.1) is 0 Å². The predicted octanol–water partition coefficient (Wildman–Crippen LogP) is 0.493. The Hall–Kier alpha value is -1.89. The molecule has 0 bridgehead atoms. The van der Waals surface area contributed by atoms with Crippen molar-refractivity contribution in [1.29, 1.82) is 0 Å². The highest BCUT2D eigenvalue weighted by Gasteiger charge is 2.57. The van der Waals surface area contributed by atoms with Crippen molar-refractivity contribution in [3.63, 3.8) is 0 Å². The van der Waals surface area contributed by atoms with Gasteiger partial charge in [-0.3, -0.25) is 14.4 Å². The summed E-state index contributed by atoms with van der Waals surface area (Å²) in [7, 11) is 1.29. The molecule has 0 spiro atoms. The average molecular weight is 618 g/mol. The molecule has 198 valence electrons. The molecule has 2 aliphatic heterocycles. The fourth-order valence-corrected chi connectivity index (χ4v) is 7.57. The maximum absolute atomic E-state index is 12.8. The molecular weight excluding hydrogens is 595 g/mol. The number of nitrogen functional groups attached to an aromatic ring is 1. The van der Waals surface area contributed by atoms with E-state index < -0.39 is 23.3 Å². The van der Waals surface area contributed by atoms with Gasteiger partial charge in [0.1, 0.15) is 34.6 Å². The number of aromatic nitrogens is 3. The van der Waals surface area contributed by atoms with Gasteiger partial charge in [-0.05, 0) is 0 Å². The molecule has 19 heteroatoms. The fourth-order valence-electron chi connectivity index (χ4n) is 3.39. The third kappa shape index (κ3) is 5.98. The molecule has 0 aliphatic carbocycles. The molecule has 2 aromatic rings. The number of carbonyl (C=O) groups excluding carboxylic acids is 2. The van der Waals surface area contributed by atoms with Gasteiger partial charge in [0.15, 0.2) is 15.2 Å². The van der Waals surface area contributed by atoms with Gasteiger partial charge >= 0.3 is 5.97 Å². The van der Waals surface area contributed by atoms with Gasteiger partial charge in [0.25, 0.3) is 5.91 Å². The second kappa shape index (κ2) is 12.6. The van der Waals surface area contributed by atoms with Crippen molar-refractivity contribution in [3.05, 3.63) is 16.1 Å². The maximum Gasteiger partial charge on any atom is 0.313 e. The summed E-state index contributed by atoms with van der Waals surface area (Å²) in [5, 5.41) is 26.4. The number of carbonyl (C=O) groups is 3. The van der Waals surface area contributed by atoms with Gasteiger partial charge < -0.3 is 31.6 Å². The van der Waals surface area contributed by atoms with E-state index >= 15 is 0 Å². The Kier molecular flexibility index (Phi) is 10.6. The highest BCUT2D eigenvalue weighted by molar-refractivity contribution is 8.01. The molecule has 2 aliphatic rings. The number of nitrogens with zero attached hydrogens (tertiary/aromatic N) is 5. The molecule has 4 rings (SSSR count). The third-order valence-electron chi connectivity index (χ3n) is 5.14. The summed E-state index contributed by atoms with van der Waals surface area (Å²) in [4.78, 5) is 48.1. The first-order chi connectivity index (χ1) is 16.3. The number of carboxylic acid groups (broad SMARTS) is 1. The molecule has 4 heterocycles. The van der Waals surface area contributed by atoms with Crippen molar-refractivity contribution in [2.45, 2.75) is 22.3 Å². The van der Waals surface area contributed by atoms with E-state index in [2.05, 4.69) is 25.7 Å². The largest absolute Gasteiger partial charge is 0.481 e. The molecule has 2 aromatic heterocycles. The van der Waals surface area contributed by atoms with Gasteiger partial charge in [-0.15, -0.1) is 58.1 Å². The molecular formula is C17H22Cl2N8O5S4. The van der Waals surface area contributed by atoms with Crippen LogP contribution in [0.3, 0.4) is 0 Å². The van der Waals surface area contributed by atoms with E-state index in [0.29, 0.717) is 9.35 Å². The molecule has 6 N–H and O–H groups in total. The van der Waals surface area contributed by atoms with Gasteiger partial charge in [0.2, 0.25) is 5.91 Å². The second-order valence-electron chi connectivity index (χ2n) is 7.35. The summed E-state index contributed by atoms with van der Waals surface area (Å²) in [6.45, 7) is 0.296. The SMILES string of the molecule is CON=C(C(=O)NC1C(=O)N2CC(CSc3nnc(CN)s3)(C(=O)O)CS[C@H]12)c1csc(N)n1.Cl.Cl. The number of amides is 2. The number of nitrogens with one attached hydrogen (secondary N) is 1. The van der Waals surface area contributed by atoms with E-state index in [4.69, 9.17) is 16.3 Å². The number of nitrogens with two attached hydrogens (primary N) is 2. The van der Waals surface area contributed by atoms with Crippen molar-refractivity contribution < 1.29 is 24.3 Å². The smallest absolute Gasteiger partial charge is 0.313 e. The van der Waals surface area contributed by atoms with E-state index in [1.54, 1.807) is 5.38 Å². The Balaban J connectivity index is 0.00000228. The van der Waals surface area contributed by atoms with Crippen LogP contribution in [0.25, 0.3) is 0 Å². The zero-order valence-electron chi connectivity index (χ0n) is 18.5. The van der Waals surface area contributed by atoms with Crippen LogP contribution in [0.2, 0.25) is 0 Å². The summed E-state index contributed by atoms with van der Waals surface area (Å²) >= 11 is 5.05. The number of oxime groups is 1. The molecule has 3 atom stereocenters. The van der Waals surface area contributed by atoms with E-state index in [9.17, 15) is 19.5 Å². The molecule has 0 aromatic carbocycles. The number of hydrogen-bond donors (Lipinski definition) is 4. The van der Waals surface area contributed by atoms with Crippen molar-refractivity contribution in [1.82, 2.24) is 25.4 Å². The average Bonchev–Trinajstić information content (AvgIpc) is 3.47. The van der Waals surface area contributed by atoms with E-state index in [0.717, 1.165) is 11.3 Å². The highest BCUT2D eigenvalue weighted by Crippen LogP contribution is 2.44. The number of rotatable bonds is 9. The predicted molar refractivity (Wildman–Crippen MR) is 143 cm³/mol. The van der Waals surface area contributed by atoms with Crippen LogP contribution < -0.4 is 16.8 Å². The normalized spacial score (nSPS) is 23.0. The minimum atomic E-state index is -1.16. The van der Waals surface area contributed by atoms with Crippen molar-refractivity contribution in [3.8, 4) is 0 Å². The van der Waals surface area contributed by atoms with Crippen LogP contribution in [-0.4, -0.2) is 85.3 Å². The highest BCUT2D eigenvalue weighted by atomic mass is 35.5. The van der Waals surface area contributed by atoms with Gasteiger partial charge in [-0.1, -0.05) is 28.3 Å². The summed E-state index contributed by atoms with van der Waals surface area (Å²) < 4.78 is 0.626. The Morgan fingerprint density at radius 2 is 2.17 bits per heavy atom. The van der Waals surface area contributed by atoms with Crippen molar-refractivity contribution in [2.75, 3.05) is 30.9 Å². The minimum Gasteiger partial charge on any atom is -0.481 e. The van der Waals surface area contributed by atoms with Crippen LogP contribution in [-0.2, 0) is 25.8 Å². The molecule has 2 fully saturated rings. The Bertz CT molecular complexity index is 1150. The van der Waals surface area contributed by atoms with Gasteiger partial charge in [-0.2, -0.15) is 0 Å². The molecule has 0 saturated carbocycles. The lowest BCUT2D eigenvalue weighted by Gasteiger charge is -2.53. The number of halogens is 2. The maximum atomic E-state index is 12.8. The summed E-state index contributed by atoms with van der Waals surface area (Å²) in [6, 6.07) is -0.815. The Morgan fingerprint density at radius 3 is 2.75 bits per heavy atom. The molecule has 13 nitrogen and oxygen atoms in total. The number of thioether (sulfide) groups is 2. The van der Waals surface area contributed by atoms with Gasteiger partial charge in [0, 0.05) is 30.0 Å². The summed E-state index contributed by atoms with van der Waals surface area (Å²) in [5.41, 5.74) is 10.2. The summed E-state index contributed by atoms with van der Waals surface area (Å²) in [5.74, 6) is -1.51. The molecule has 2 unspecified atom stereocenters. The number of carboxylic acids is 1. The third-order valence-corrected chi connectivity index (χ3v) is 9.77. The number of fused-ring (bicyclic) bond motifs is 1. The molecule has 0 radical (unpaired) electrons. The van der Waals surface area contributed by atoms with Crippen LogP contribution in [0.15, 0.2) is 14.9 Å². The monoisotopic (exact) mass is 616 g/mol. The quantitative estimate of drug-likeness (QED) is 0.132. The molecule has 36 heavy (non-hydrogen) atoms. The van der Waals surface area contributed by atoms with Crippen LogP contribution in [0.1, 0.15) is 10.7 Å². The Morgan fingerprint density at radius 1 is 1.42 bits per heavy atom. The molecule has 2 amide bonds. The zero-order chi connectivity index (χ0) is 24.5. The number of aliphatic carboxylic acids is 1. The lowest BCUT2D eigenvalue weighted by atomic mass is 9.89.